The largest absolute Gasteiger partial charge is 0.394 e. The molecule has 0 aliphatic carbocycles. The minimum Gasteiger partial charge on any atom is -0.394 e. The van der Waals surface area contributed by atoms with E-state index in [2.05, 4.69) is 15.0 Å². The average molecular weight is 281 g/mol. The molecular weight excluding hydrogens is 266 g/mol. The molecular formula is C11H15N5O4. The number of nitrogens with two attached hydrogens (primary N) is 1. The molecule has 20 heavy (non-hydrogen) atoms. The van der Waals surface area contributed by atoms with E-state index in [1.54, 1.807) is 0 Å². The van der Waals surface area contributed by atoms with E-state index in [1.807, 2.05) is 0 Å². The first-order valence-electron chi connectivity index (χ1n) is 6.17. The highest BCUT2D eigenvalue weighted by atomic mass is 16.5. The molecule has 9 nitrogen and oxygen atoms in total. The van der Waals surface area contributed by atoms with Gasteiger partial charge in [0.15, 0.2) is 17.7 Å². The van der Waals surface area contributed by atoms with Crippen LogP contribution in [0.25, 0.3) is 11.2 Å². The number of imidazole rings is 1. The maximum absolute atomic E-state index is 10.1. The first-order chi connectivity index (χ1) is 9.61. The number of ether oxygens (including phenoxy) is 1. The SMILES string of the molecule is Nc1ncnc2c1ncn2C1O[C@@H](CO)CC(O)C1O. The Morgan fingerprint density at radius 3 is 2.90 bits per heavy atom. The van der Waals surface area contributed by atoms with Crippen LogP contribution < -0.4 is 5.73 Å². The lowest BCUT2D eigenvalue weighted by molar-refractivity contribution is -0.204. The van der Waals surface area contributed by atoms with E-state index in [0.717, 1.165) is 0 Å². The van der Waals surface area contributed by atoms with Crippen LogP contribution in [0.15, 0.2) is 12.7 Å². The van der Waals surface area contributed by atoms with Crippen molar-refractivity contribution < 1.29 is 20.1 Å². The quantitative estimate of drug-likeness (QED) is 0.516. The molecule has 0 saturated carbocycles. The Labute approximate surface area is 113 Å². The predicted molar refractivity (Wildman–Crippen MR) is 67.4 cm³/mol. The van der Waals surface area contributed by atoms with Crippen LogP contribution in [0.5, 0.6) is 0 Å². The number of fused-ring (bicyclic) bond motifs is 1. The molecule has 3 heterocycles. The van der Waals surface area contributed by atoms with E-state index >= 15 is 0 Å². The fourth-order valence-corrected chi connectivity index (χ4v) is 2.34. The van der Waals surface area contributed by atoms with E-state index in [1.165, 1.54) is 17.2 Å². The topological polar surface area (TPSA) is 140 Å². The lowest BCUT2D eigenvalue weighted by Gasteiger charge is -2.36. The molecule has 2 aromatic heterocycles. The number of rotatable bonds is 2. The molecule has 2 aromatic rings. The van der Waals surface area contributed by atoms with Gasteiger partial charge < -0.3 is 25.8 Å². The van der Waals surface area contributed by atoms with Gasteiger partial charge in [-0.15, -0.1) is 0 Å². The van der Waals surface area contributed by atoms with Gasteiger partial charge in [0.2, 0.25) is 0 Å². The lowest BCUT2D eigenvalue weighted by Crippen LogP contribution is -2.46. The third-order valence-electron chi connectivity index (χ3n) is 3.39. The summed E-state index contributed by atoms with van der Waals surface area (Å²) < 4.78 is 7.05. The third kappa shape index (κ3) is 2.00. The molecule has 9 heteroatoms. The first-order valence-corrected chi connectivity index (χ1v) is 6.17. The second-order valence-corrected chi connectivity index (χ2v) is 4.71. The highest BCUT2D eigenvalue weighted by Gasteiger charge is 2.38. The zero-order valence-corrected chi connectivity index (χ0v) is 10.5. The fourth-order valence-electron chi connectivity index (χ4n) is 2.34. The summed E-state index contributed by atoms with van der Waals surface area (Å²) in [5, 5.41) is 29.1. The van der Waals surface area contributed by atoms with Crippen LogP contribution in [0.2, 0.25) is 0 Å². The molecule has 1 saturated heterocycles. The van der Waals surface area contributed by atoms with Gasteiger partial charge in [-0.2, -0.15) is 0 Å². The molecule has 5 N–H and O–H groups in total. The van der Waals surface area contributed by atoms with Gasteiger partial charge in [-0.1, -0.05) is 0 Å². The standard InChI is InChI=1S/C11H15N5O4/c12-9-7-10(14-3-13-9)16(4-15-7)11-8(19)6(18)1-5(2-17)20-11/h3-6,8,11,17-19H,1-2H2,(H2,12,13,14)/t5-,6?,8?,11?/m1/s1. The maximum atomic E-state index is 10.1. The number of aliphatic hydroxyl groups is 3. The Bertz CT molecular complexity index is 618. The van der Waals surface area contributed by atoms with Crippen LogP contribution in [0.1, 0.15) is 12.6 Å². The van der Waals surface area contributed by atoms with Crippen LogP contribution in [0, 0.1) is 0 Å². The summed E-state index contributed by atoms with van der Waals surface area (Å²) in [4.78, 5) is 12.0. The van der Waals surface area contributed by atoms with Gasteiger partial charge >= 0.3 is 0 Å². The Balaban J connectivity index is 2.03. The van der Waals surface area contributed by atoms with Crippen molar-refractivity contribution in [3.05, 3.63) is 12.7 Å². The molecule has 0 radical (unpaired) electrons. The molecule has 0 bridgehead atoms. The van der Waals surface area contributed by atoms with Crippen molar-refractivity contribution in [3.8, 4) is 0 Å². The summed E-state index contributed by atoms with van der Waals surface area (Å²) in [6, 6.07) is 0. The third-order valence-corrected chi connectivity index (χ3v) is 3.39. The fraction of sp³-hybridized carbons (Fsp3) is 0.545. The van der Waals surface area contributed by atoms with Crippen molar-refractivity contribution in [1.29, 1.82) is 0 Å². The monoisotopic (exact) mass is 281 g/mol. The van der Waals surface area contributed by atoms with Crippen molar-refractivity contribution in [1.82, 2.24) is 19.5 Å². The molecule has 0 amide bonds. The molecule has 3 rings (SSSR count). The van der Waals surface area contributed by atoms with Crippen LogP contribution in [0.3, 0.4) is 0 Å². The highest BCUT2D eigenvalue weighted by Crippen LogP contribution is 2.30. The second-order valence-electron chi connectivity index (χ2n) is 4.71. The molecule has 0 aromatic carbocycles. The summed E-state index contributed by atoms with van der Waals surface area (Å²) in [7, 11) is 0. The Morgan fingerprint density at radius 2 is 2.15 bits per heavy atom. The maximum Gasteiger partial charge on any atom is 0.167 e. The zero-order chi connectivity index (χ0) is 14.3. The number of anilines is 1. The summed E-state index contributed by atoms with van der Waals surface area (Å²) in [6.07, 6.45) is -0.738. The smallest absolute Gasteiger partial charge is 0.167 e. The first kappa shape index (κ1) is 13.2. The number of aliphatic hydroxyl groups excluding tert-OH is 3. The summed E-state index contributed by atoms with van der Waals surface area (Å²) in [5.41, 5.74) is 6.48. The van der Waals surface area contributed by atoms with E-state index in [-0.39, 0.29) is 18.8 Å². The van der Waals surface area contributed by atoms with Gasteiger partial charge in [-0.05, 0) is 0 Å². The normalized spacial score (nSPS) is 30.8. The van der Waals surface area contributed by atoms with Gasteiger partial charge in [0.25, 0.3) is 0 Å². The van der Waals surface area contributed by atoms with Crippen LogP contribution in [-0.2, 0) is 4.74 Å². The molecule has 108 valence electrons. The molecule has 1 aliphatic rings. The minimum atomic E-state index is -1.15. The lowest BCUT2D eigenvalue weighted by atomic mass is 10.0. The minimum absolute atomic E-state index is 0.165. The number of aromatic nitrogens is 4. The van der Waals surface area contributed by atoms with Crippen LogP contribution in [0.4, 0.5) is 5.82 Å². The van der Waals surface area contributed by atoms with E-state index in [4.69, 9.17) is 10.5 Å². The molecule has 3 unspecified atom stereocenters. The zero-order valence-electron chi connectivity index (χ0n) is 10.5. The van der Waals surface area contributed by atoms with Gasteiger partial charge in [-0.25, -0.2) is 15.0 Å². The highest BCUT2D eigenvalue weighted by molar-refractivity contribution is 5.81. The summed E-state index contributed by atoms with van der Waals surface area (Å²) in [6.45, 7) is -0.246. The number of nitrogens with zero attached hydrogens (tertiary/aromatic N) is 4. The van der Waals surface area contributed by atoms with Gasteiger partial charge in [0, 0.05) is 6.42 Å². The molecule has 1 fully saturated rings. The molecule has 1 aliphatic heterocycles. The Morgan fingerprint density at radius 1 is 1.35 bits per heavy atom. The number of hydrogen-bond donors (Lipinski definition) is 4. The number of hydrogen-bond acceptors (Lipinski definition) is 8. The van der Waals surface area contributed by atoms with Crippen LogP contribution >= 0.6 is 0 Å². The van der Waals surface area contributed by atoms with Gasteiger partial charge in [-0.3, -0.25) is 4.57 Å². The van der Waals surface area contributed by atoms with E-state index in [9.17, 15) is 15.3 Å². The predicted octanol–water partition coefficient (Wildman–Crippen LogP) is -1.59. The van der Waals surface area contributed by atoms with Crippen molar-refractivity contribution in [2.45, 2.75) is 31.0 Å². The average Bonchev–Trinajstić information content (AvgIpc) is 2.87. The summed E-state index contributed by atoms with van der Waals surface area (Å²) >= 11 is 0. The van der Waals surface area contributed by atoms with Crippen molar-refractivity contribution >= 4 is 17.0 Å². The number of nitrogen functional groups attached to an aromatic ring is 1. The second kappa shape index (κ2) is 4.94. The van der Waals surface area contributed by atoms with E-state index < -0.39 is 24.5 Å². The van der Waals surface area contributed by atoms with E-state index in [0.29, 0.717) is 11.2 Å². The van der Waals surface area contributed by atoms with Crippen LogP contribution in [-0.4, -0.2) is 59.8 Å². The van der Waals surface area contributed by atoms with Crippen molar-refractivity contribution in [2.75, 3.05) is 12.3 Å². The summed E-state index contributed by atoms with van der Waals surface area (Å²) in [5.74, 6) is 0.221. The Kier molecular flexibility index (Phi) is 3.26. The van der Waals surface area contributed by atoms with Gasteiger partial charge in [0.05, 0.1) is 25.1 Å². The van der Waals surface area contributed by atoms with Crippen molar-refractivity contribution in [2.24, 2.45) is 0 Å². The Hall–Kier alpha value is -1.81. The van der Waals surface area contributed by atoms with Crippen molar-refractivity contribution in [3.63, 3.8) is 0 Å². The molecule has 0 spiro atoms. The van der Waals surface area contributed by atoms with Gasteiger partial charge in [0.1, 0.15) is 17.9 Å². The molecule has 4 atom stereocenters.